The molecule has 3 rings (SSSR count). The van der Waals surface area contributed by atoms with Crippen molar-refractivity contribution < 1.29 is 13.9 Å². The molecule has 0 N–H and O–H groups in total. The molecule has 1 fully saturated rings. The Morgan fingerprint density at radius 1 is 1.08 bits per heavy atom. The molecule has 0 spiro atoms. The predicted octanol–water partition coefficient (Wildman–Crippen LogP) is 4.74. The summed E-state index contributed by atoms with van der Waals surface area (Å²) in [5, 5.41) is 0. The molecule has 0 radical (unpaired) electrons. The Labute approximate surface area is 148 Å². The fourth-order valence-corrected chi connectivity index (χ4v) is 3.24. The third-order valence-electron chi connectivity index (χ3n) is 4.95. The number of halogens is 1. The van der Waals surface area contributed by atoms with Crippen molar-refractivity contribution in [2.24, 2.45) is 11.8 Å². The van der Waals surface area contributed by atoms with Gasteiger partial charge in [0.05, 0.1) is 12.1 Å². The van der Waals surface area contributed by atoms with Crippen molar-refractivity contribution in [3.05, 3.63) is 59.7 Å². The lowest BCUT2D eigenvalue weighted by Gasteiger charge is -2.24. The summed E-state index contributed by atoms with van der Waals surface area (Å²) < 4.78 is 18.4. The molecule has 1 aliphatic carbocycles. The standard InChI is InChI=1S/C21H24FNO2/c1-15-2-7-17(8-3-15)21(24)25-20-13-12-19(23-14-20)11-6-16-4-9-18(22)10-5-16/h4-5,9-10,12-15,17H,2-3,6-8,11H2,1H3/t15-,17-. The number of aryl methyl sites for hydroxylation is 2. The van der Waals surface area contributed by atoms with Crippen molar-refractivity contribution in [3.8, 4) is 5.75 Å². The maximum absolute atomic E-state index is 12.9. The van der Waals surface area contributed by atoms with Gasteiger partial charge in [-0.2, -0.15) is 0 Å². The van der Waals surface area contributed by atoms with E-state index in [1.54, 1.807) is 24.4 Å². The minimum Gasteiger partial charge on any atom is -0.425 e. The number of rotatable bonds is 5. The summed E-state index contributed by atoms with van der Waals surface area (Å²) in [5.74, 6) is 0.892. The van der Waals surface area contributed by atoms with E-state index in [0.29, 0.717) is 11.7 Å². The number of carbonyl (C=O) groups is 1. The molecule has 0 unspecified atom stereocenters. The Morgan fingerprint density at radius 3 is 2.44 bits per heavy atom. The van der Waals surface area contributed by atoms with E-state index in [9.17, 15) is 9.18 Å². The molecule has 1 aromatic carbocycles. The molecule has 1 saturated carbocycles. The van der Waals surface area contributed by atoms with E-state index < -0.39 is 0 Å². The topological polar surface area (TPSA) is 39.2 Å². The molecule has 0 saturated heterocycles. The Hall–Kier alpha value is -2.23. The van der Waals surface area contributed by atoms with Crippen LogP contribution in [0, 0.1) is 17.7 Å². The second kappa shape index (κ2) is 8.24. The Morgan fingerprint density at radius 2 is 1.80 bits per heavy atom. The minimum atomic E-state index is -0.222. The molecule has 2 aromatic rings. The maximum Gasteiger partial charge on any atom is 0.314 e. The molecular formula is C21H24FNO2. The van der Waals surface area contributed by atoms with Crippen molar-refractivity contribution in [2.75, 3.05) is 0 Å². The fourth-order valence-electron chi connectivity index (χ4n) is 3.24. The van der Waals surface area contributed by atoms with E-state index in [1.165, 1.54) is 12.1 Å². The van der Waals surface area contributed by atoms with Gasteiger partial charge in [-0.3, -0.25) is 9.78 Å². The molecule has 0 aliphatic heterocycles. The van der Waals surface area contributed by atoms with Crippen LogP contribution in [0.3, 0.4) is 0 Å². The van der Waals surface area contributed by atoms with Crippen LogP contribution in [0.2, 0.25) is 0 Å². The van der Waals surface area contributed by atoms with E-state index in [2.05, 4.69) is 11.9 Å². The number of nitrogens with zero attached hydrogens (tertiary/aromatic N) is 1. The van der Waals surface area contributed by atoms with Gasteiger partial charge in [-0.25, -0.2) is 4.39 Å². The van der Waals surface area contributed by atoms with Crippen molar-refractivity contribution in [3.63, 3.8) is 0 Å². The van der Waals surface area contributed by atoms with Crippen LogP contribution in [0.1, 0.15) is 43.9 Å². The molecule has 4 heteroatoms. The summed E-state index contributed by atoms with van der Waals surface area (Å²) in [5.41, 5.74) is 2.00. The first-order chi connectivity index (χ1) is 12.1. The number of hydrogen-bond donors (Lipinski definition) is 0. The molecule has 1 aliphatic rings. The Kier molecular flexibility index (Phi) is 5.79. The fraction of sp³-hybridized carbons (Fsp3) is 0.429. The predicted molar refractivity (Wildman–Crippen MR) is 94.8 cm³/mol. The Bertz CT molecular complexity index is 689. The van der Waals surface area contributed by atoms with Gasteiger partial charge >= 0.3 is 5.97 Å². The zero-order chi connectivity index (χ0) is 17.6. The first-order valence-electron chi connectivity index (χ1n) is 9.01. The molecule has 0 amide bonds. The quantitative estimate of drug-likeness (QED) is 0.738. The molecule has 132 valence electrons. The summed E-state index contributed by atoms with van der Waals surface area (Å²) in [7, 11) is 0. The third-order valence-corrected chi connectivity index (χ3v) is 4.95. The normalized spacial score (nSPS) is 20.2. The summed E-state index contributed by atoms with van der Waals surface area (Å²) in [4.78, 5) is 16.6. The SMILES string of the molecule is C[C@H]1CC[C@H](C(=O)Oc2ccc(CCc3ccc(F)cc3)nc2)CC1. The van der Waals surface area contributed by atoms with E-state index in [1.807, 2.05) is 6.07 Å². The summed E-state index contributed by atoms with van der Waals surface area (Å²) >= 11 is 0. The molecular weight excluding hydrogens is 317 g/mol. The molecule has 1 aromatic heterocycles. The van der Waals surface area contributed by atoms with Crippen LogP contribution in [0.25, 0.3) is 0 Å². The summed E-state index contributed by atoms with van der Waals surface area (Å²) in [6, 6.07) is 10.2. The molecule has 3 nitrogen and oxygen atoms in total. The number of benzene rings is 1. The second-order valence-electron chi connectivity index (χ2n) is 6.99. The van der Waals surface area contributed by atoms with Gasteiger partial charge in [0.2, 0.25) is 0 Å². The van der Waals surface area contributed by atoms with Crippen LogP contribution >= 0.6 is 0 Å². The van der Waals surface area contributed by atoms with Crippen molar-refractivity contribution in [1.82, 2.24) is 4.98 Å². The first-order valence-corrected chi connectivity index (χ1v) is 9.01. The number of pyridine rings is 1. The molecule has 25 heavy (non-hydrogen) atoms. The lowest BCUT2D eigenvalue weighted by atomic mass is 9.83. The van der Waals surface area contributed by atoms with Gasteiger partial charge in [0, 0.05) is 5.69 Å². The van der Waals surface area contributed by atoms with Crippen molar-refractivity contribution in [2.45, 2.75) is 45.4 Å². The summed E-state index contributed by atoms with van der Waals surface area (Å²) in [6.45, 7) is 2.23. The van der Waals surface area contributed by atoms with E-state index in [-0.39, 0.29) is 17.7 Å². The maximum atomic E-state index is 12.9. The highest BCUT2D eigenvalue weighted by atomic mass is 19.1. The number of hydrogen-bond acceptors (Lipinski definition) is 3. The van der Waals surface area contributed by atoms with E-state index >= 15 is 0 Å². The Balaban J connectivity index is 1.50. The zero-order valence-electron chi connectivity index (χ0n) is 14.6. The lowest BCUT2D eigenvalue weighted by Crippen LogP contribution is -2.25. The zero-order valence-corrected chi connectivity index (χ0v) is 14.6. The second-order valence-corrected chi connectivity index (χ2v) is 6.99. The van der Waals surface area contributed by atoms with Gasteiger partial charge in [0.1, 0.15) is 11.6 Å². The number of esters is 1. The van der Waals surface area contributed by atoms with Gasteiger partial charge in [-0.05, 0) is 74.3 Å². The smallest absolute Gasteiger partial charge is 0.314 e. The lowest BCUT2D eigenvalue weighted by molar-refractivity contribution is -0.140. The van der Waals surface area contributed by atoms with E-state index in [4.69, 9.17) is 4.74 Å². The van der Waals surface area contributed by atoms with Crippen LogP contribution in [0.4, 0.5) is 4.39 Å². The van der Waals surface area contributed by atoms with Crippen LogP contribution < -0.4 is 4.74 Å². The monoisotopic (exact) mass is 341 g/mol. The van der Waals surface area contributed by atoms with Crippen molar-refractivity contribution >= 4 is 5.97 Å². The first kappa shape index (κ1) is 17.6. The number of aromatic nitrogens is 1. The number of ether oxygens (including phenoxy) is 1. The molecule has 1 heterocycles. The average Bonchev–Trinajstić information content (AvgIpc) is 2.63. The van der Waals surface area contributed by atoms with Crippen LogP contribution in [0.5, 0.6) is 5.75 Å². The number of carbonyl (C=O) groups excluding carboxylic acids is 1. The minimum absolute atomic E-state index is 0.0225. The van der Waals surface area contributed by atoms with Gasteiger partial charge in [-0.15, -0.1) is 0 Å². The van der Waals surface area contributed by atoms with Crippen LogP contribution in [-0.4, -0.2) is 11.0 Å². The average molecular weight is 341 g/mol. The van der Waals surface area contributed by atoms with Gasteiger partial charge in [0.15, 0.2) is 0 Å². The summed E-state index contributed by atoms with van der Waals surface area (Å²) in [6.07, 6.45) is 7.21. The van der Waals surface area contributed by atoms with Gasteiger partial charge < -0.3 is 4.74 Å². The van der Waals surface area contributed by atoms with E-state index in [0.717, 1.165) is 49.8 Å². The third kappa shape index (κ3) is 5.12. The molecule has 0 atom stereocenters. The highest BCUT2D eigenvalue weighted by Gasteiger charge is 2.25. The van der Waals surface area contributed by atoms with Crippen molar-refractivity contribution in [1.29, 1.82) is 0 Å². The van der Waals surface area contributed by atoms with Gasteiger partial charge in [-0.1, -0.05) is 19.1 Å². The largest absolute Gasteiger partial charge is 0.425 e. The van der Waals surface area contributed by atoms with Crippen LogP contribution in [0.15, 0.2) is 42.6 Å². The molecule has 0 bridgehead atoms. The van der Waals surface area contributed by atoms with Crippen LogP contribution in [-0.2, 0) is 17.6 Å². The van der Waals surface area contributed by atoms with Gasteiger partial charge in [0.25, 0.3) is 0 Å². The highest BCUT2D eigenvalue weighted by Crippen LogP contribution is 2.29. The highest BCUT2D eigenvalue weighted by molar-refractivity contribution is 5.75.